The van der Waals surface area contributed by atoms with Crippen molar-refractivity contribution >= 4 is 10.9 Å². The molecule has 0 radical (unpaired) electrons. The average Bonchev–Trinajstić information content (AvgIpc) is 2.18. The smallest absolute Gasteiger partial charge is 0.189 e. The van der Waals surface area contributed by atoms with Gasteiger partial charge in [-0.25, -0.2) is 4.39 Å². The number of nitrogens with one attached hydrogen (secondary N) is 1. The van der Waals surface area contributed by atoms with Crippen LogP contribution in [0.25, 0.3) is 10.9 Å². The van der Waals surface area contributed by atoms with Crippen molar-refractivity contribution in [2.24, 2.45) is 0 Å². The number of fused-ring (bicyclic) bond motifs is 1. The highest BCUT2D eigenvalue weighted by Crippen LogP contribution is 2.14. The molecule has 1 aromatic heterocycles. The first-order chi connectivity index (χ1) is 7.08. The summed E-state index contributed by atoms with van der Waals surface area (Å²) >= 11 is 0. The number of rotatable bonds is 1. The fourth-order valence-electron chi connectivity index (χ4n) is 1.55. The molecule has 2 aromatic rings. The quantitative estimate of drug-likeness (QED) is 0.762. The summed E-state index contributed by atoms with van der Waals surface area (Å²) in [5.74, 6) is -0.127. The molecule has 0 atom stereocenters. The first-order valence-corrected chi connectivity index (χ1v) is 4.90. The molecule has 0 spiro atoms. The second-order valence-electron chi connectivity index (χ2n) is 3.93. The topological polar surface area (TPSA) is 32.9 Å². The van der Waals surface area contributed by atoms with Crippen LogP contribution in [0.5, 0.6) is 0 Å². The summed E-state index contributed by atoms with van der Waals surface area (Å²) in [4.78, 5) is 14.8. The second-order valence-corrected chi connectivity index (χ2v) is 3.93. The molecule has 2 nitrogen and oxygen atoms in total. The fourth-order valence-corrected chi connectivity index (χ4v) is 1.55. The molecule has 0 fully saturated rings. The summed E-state index contributed by atoms with van der Waals surface area (Å²) in [6.45, 7) is 4.00. The monoisotopic (exact) mass is 205 g/mol. The van der Waals surface area contributed by atoms with E-state index in [1.807, 2.05) is 13.8 Å². The van der Waals surface area contributed by atoms with E-state index in [4.69, 9.17) is 0 Å². The van der Waals surface area contributed by atoms with E-state index < -0.39 is 0 Å². The first-order valence-electron chi connectivity index (χ1n) is 4.90. The van der Waals surface area contributed by atoms with Crippen LogP contribution in [0.3, 0.4) is 0 Å². The van der Waals surface area contributed by atoms with Crippen molar-refractivity contribution in [2.45, 2.75) is 19.8 Å². The van der Waals surface area contributed by atoms with Gasteiger partial charge in [0.2, 0.25) is 0 Å². The van der Waals surface area contributed by atoms with E-state index in [9.17, 15) is 9.18 Å². The van der Waals surface area contributed by atoms with Crippen LogP contribution in [0.2, 0.25) is 0 Å². The number of benzene rings is 1. The third-order valence-corrected chi connectivity index (χ3v) is 2.43. The van der Waals surface area contributed by atoms with Gasteiger partial charge in [-0.1, -0.05) is 13.8 Å². The summed E-state index contributed by atoms with van der Waals surface area (Å²) < 4.78 is 12.9. The molecule has 0 bridgehead atoms. The SMILES string of the molecule is CC(C)c1cc(=O)c2cc(F)ccc2[nH]1. The Morgan fingerprint density at radius 1 is 1.27 bits per heavy atom. The van der Waals surface area contributed by atoms with Crippen molar-refractivity contribution in [2.75, 3.05) is 0 Å². The third kappa shape index (κ3) is 1.77. The zero-order valence-corrected chi connectivity index (χ0v) is 8.67. The van der Waals surface area contributed by atoms with Gasteiger partial charge in [0.15, 0.2) is 5.43 Å². The van der Waals surface area contributed by atoms with Crippen LogP contribution >= 0.6 is 0 Å². The molecule has 0 unspecified atom stereocenters. The van der Waals surface area contributed by atoms with E-state index in [0.29, 0.717) is 10.9 Å². The first kappa shape index (κ1) is 9.90. The van der Waals surface area contributed by atoms with Crippen LogP contribution in [0.15, 0.2) is 29.1 Å². The highest BCUT2D eigenvalue weighted by molar-refractivity contribution is 5.78. The predicted molar refractivity (Wildman–Crippen MR) is 58.6 cm³/mol. The lowest BCUT2D eigenvalue weighted by Crippen LogP contribution is -2.06. The Morgan fingerprint density at radius 2 is 2.00 bits per heavy atom. The van der Waals surface area contributed by atoms with Crippen molar-refractivity contribution in [3.63, 3.8) is 0 Å². The van der Waals surface area contributed by atoms with Crippen LogP contribution < -0.4 is 5.43 Å². The molecule has 0 amide bonds. The van der Waals surface area contributed by atoms with E-state index in [1.165, 1.54) is 18.2 Å². The lowest BCUT2D eigenvalue weighted by Gasteiger charge is -2.06. The average molecular weight is 205 g/mol. The van der Waals surface area contributed by atoms with Gasteiger partial charge in [0, 0.05) is 22.7 Å². The maximum Gasteiger partial charge on any atom is 0.189 e. The number of H-pyrrole nitrogens is 1. The second kappa shape index (κ2) is 3.50. The Bertz CT molecular complexity index is 557. The number of halogens is 1. The molecule has 0 aliphatic rings. The summed E-state index contributed by atoms with van der Waals surface area (Å²) in [7, 11) is 0. The van der Waals surface area contributed by atoms with E-state index in [2.05, 4.69) is 4.98 Å². The molecule has 78 valence electrons. The van der Waals surface area contributed by atoms with E-state index in [0.717, 1.165) is 5.69 Å². The van der Waals surface area contributed by atoms with Gasteiger partial charge >= 0.3 is 0 Å². The van der Waals surface area contributed by atoms with Gasteiger partial charge in [0.25, 0.3) is 0 Å². The summed E-state index contributed by atoms with van der Waals surface area (Å²) in [5, 5.41) is 0.402. The van der Waals surface area contributed by atoms with Gasteiger partial charge < -0.3 is 4.98 Å². The molecule has 0 aliphatic carbocycles. The van der Waals surface area contributed by atoms with Crippen LogP contribution in [-0.4, -0.2) is 4.98 Å². The zero-order chi connectivity index (χ0) is 11.0. The Hall–Kier alpha value is -1.64. The molecule has 1 N–H and O–H groups in total. The zero-order valence-electron chi connectivity index (χ0n) is 8.67. The Morgan fingerprint density at radius 3 is 2.67 bits per heavy atom. The minimum absolute atomic E-state index is 0.132. The normalized spacial score (nSPS) is 11.2. The Kier molecular flexibility index (Phi) is 2.31. The maximum atomic E-state index is 12.9. The van der Waals surface area contributed by atoms with Gasteiger partial charge in [0.05, 0.1) is 0 Å². The van der Waals surface area contributed by atoms with Crippen molar-refractivity contribution < 1.29 is 4.39 Å². The summed E-state index contributed by atoms with van der Waals surface area (Å²) in [6.07, 6.45) is 0. The van der Waals surface area contributed by atoms with Crippen molar-refractivity contribution in [3.8, 4) is 0 Å². The molecule has 3 heteroatoms. The standard InChI is InChI=1S/C12H12FNO/c1-7(2)11-6-12(15)9-5-8(13)3-4-10(9)14-11/h3-7H,1-2H3,(H,14,15). The molecule has 0 saturated heterocycles. The molecule has 15 heavy (non-hydrogen) atoms. The van der Waals surface area contributed by atoms with Crippen LogP contribution in [0.1, 0.15) is 25.5 Å². The van der Waals surface area contributed by atoms with Crippen LogP contribution in [0, 0.1) is 5.82 Å². The highest BCUT2D eigenvalue weighted by atomic mass is 19.1. The molecule has 2 rings (SSSR count). The number of hydrogen-bond acceptors (Lipinski definition) is 1. The lowest BCUT2D eigenvalue weighted by molar-refractivity contribution is 0.629. The number of aromatic nitrogens is 1. The number of hydrogen-bond donors (Lipinski definition) is 1. The molecular formula is C12H12FNO. The van der Waals surface area contributed by atoms with Crippen molar-refractivity contribution in [1.82, 2.24) is 4.98 Å². The number of aromatic amines is 1. The van der Waals surface area contributed by atoms with Gasteiger partial charge in [-0.05, 0) is 24.1 Å². The Balaban J connectivity index is 2.79. The minimum atomic E-state index is -0.384. The van der Waals surface area contributed by atoms with Gasteiger partial charge in [-0.15, -0.1) is 0 Å². The molecular weight excluding hydrogens is 193 g/mol. The number of pyridine rings is 1. The van der Waals surface area contributed by atoms with Gasteiger partial charge in [0.1, 0.15) is 5.82 Å². The van der Waals surface area contributed by atoms with Crippen molar-refractivity contribution in [1.29, 1.82) is 0 Å². The maximum absolute atomic E-state index is 12.9. The molecule has 1 aromatic carbocycles. The summed E-state index contributed by atoms with van der Waals surface area (Å²) in [5.41, 5.74) is 1.43. The minimum Gasteiger partial charge on any atom is -0.358 e. The fraction of sp³-hybridized carbons (Fsp3) is 0.250. The van der Waals surface area contributed by atoms with Crippen LogP contribution in [0.4, 0.5) is 4.39 Å². The van der Waals surface area contributed by atoms with Gasteiger partial charge in [-0.2, -0.15) is 0 Å². The van der Waals surface area contributed by atoms with Crippen molar-refractivity contribution in [3.05, 3.63) is 46.0 Å². The van der Waals surface area contributed by atoms with E-state index in [-0.39, 0.29) is 17.2 Å². The Labute approximate surface area is 86.8 Å². The van der Waals surface area contributed by atoms with Gasteiger partial charge in [-0.3, -0.25) is 4.79 Å². The highest BCUT2D eigenvalue weighted by Gasteiger charge is 2.05. The summed E-state index contributed by atoms with van der Waals surface area (Å²) in [6, 6.07) is 5.74. The lowest BCUT2D eigenvalue weighted by atomic mass is 10.1. The van der Waals surface area contributed by atoms with E-state index in [1.54, 1.807) is 6.07 Å². The molecule has 0 saturated carbocycles. The van der Waals surface area contributed by atoms with E-state index >= 15 is 0 Å². The predicted octanol–water partition coefficient (Wildman–Crippen LogP) is 2.79. The largest absolute Gasteiger partial charge is 0.358 e. The molecule has 1 heterocycles. The third-order valence-electron chi connectivity index (χ3n) is 2.43. The van der Waals surface area contributed by atoms with Crippen LogP contribution in [-0.2, 0) is 0 Å². The molecule has 0 aliphatic heterocycles.